The van der Waals surface area contributed by atoms with Crippen LogP contribution in [0.15, 0.2) is 65.7 Å². The minimum atomic E-state index is 0.541. The molecule has 0 saturated heterocycles. The lowest BCUT2D eigenvalue weighted by atomic mass is 10.1. The molecule has 0 aliphatic carbocycles. The number of benzene rings is 2. The van der Waals surface area contributed by atoms with E-state index in [0.29, 0.717) is 5.25 Å². The van der Waals surface area contributed by atoms with E-state index in [-0.39, 0.29) is 0 Å². The molecule has 0 N–H and O–H groups in total. The molecule has 0 saturated carbocycles. The van der Waals surface area contributed by atoms with Gasteiger partial charge in [0.25, 0.3) is 0 Å². The molecule has 3 rings (SSSR count). The topological polar surface area (TPSA) is 12.4 Å². The maximum atomic E-state index is 4.66. The standard InChI is InChI=1S/C16H15NS/c1-3-7-13(8-4-1)15-11-12-17-16(18-15)14-9-5-2-6-10-14/h1-10,15H,11-12H2/t15-/m0/s1. The van der Waals surface area contributed by atoms with E-state index in [1.165, 1.54) is 16.2 Å². The van der Waals surface area contributed by atoms with E-state index in [2.05, 4.69) is 59.6 Å². The van der Waals surface area contributed by atoms with Crippen LogP contribution in [-0.4, -0.2) is 11.6 Å². The van der Waals surface area contributed by atoms with Crippen molar-refractivity contribution in [1.82, 2.24) is 0 Å². The molecule has 0 aromatic heterocycles. The largest absolute Gasteiger partial charge is 0.278 e. The van der Waals surface area contributed by atoms with Gasteiger partial charge in [-0.25, -0.2) is 0 Å². The van der Waals surface area contributed by atoms with Gasteiger partial charge in [-0.2, -0.15) is 0 Å². The predicted octanol–water partition coefficient (Wildman–Crippen LogP) is 4.31. The number of aliphatic imine (C=N–C) groups is 1. The number of hydrogen-bond donors (Lipinski definition) is 0. The van der Waals surface area contributed by atoms with Crippen molar-refractivity contribution < 1.29 is 0 Å². The minimum Gasteiger partial charge on any atom is -0.278 e. The second-order valence-electron chi connectivity index (χ2n) is 4.36. The summed E-state index contributed by atoms with van der Waals surface area (Å²) >= 11 is 1.89. The van der Waals surface area contributed by atoms with Gasteiger partial charge < -0.3 is 0 Å². The first kappa shape index (κ1) is 11.5. The summed E-state index contributed by atoms with van der Waals surface area (Å²) in [7, 11) is 0. The highest BCUT2D eigenvalue weighted by Crippen LogP contribution is 2.37. The third-order valence-corrected chi connectivity index (χ3v) is 4.47. The molecule has 1 nitrogen and oxygen atoms in total. The normalized spacial score (nSPS) is 19.3. The van der Waals surface area contributed by atoms with Crippen LogP contribution in [0.3, 0.4) is 0 Å². The van der Waals surface area contributed by atoms with E-state index < -0.39 is 0 Å². The number of thioether (sulfide) groups is 1. The van der Waals surface area contributed by atoms with Gasteiger partial charge in [-0.05, 0) is 12.0 Å². The SMILES string of the molecule is c1ccc(C2=NCC[C@@H](c3ccccc3)S2)cc1. The average molecular weight is 253 g/mol. The van der Waals surface area contributed by atoms with Gasteiger partial charge >= 0.3 is 0 Å². The molecule has 1 aliphatic rings. The Bertz CT molecular complexity index is 534. The van der Waals surface area contributed by atoms with E-state index in [9.17, 15) is 0 Å². The first-order chi connectivity index (χ1) is 8.93. The molecule has 1 heterocycles. The van der Waals surface area contributed by atoms with Crippen LogP contribution in [0.4, 0.5) is 0 Å². The number of rotatable bonds is 2. The lowest BCUT2D eigenvalue weighted by molar-refractivity contribution is 0.811. The lowest BCUT2D eigenvalue weighted by Gasteiger charge is -2.21. The fraction of sp³-hybridized carbons (Fsp3) is 0.188. The summed E-state index contributed by atoms with van der Waals surface area (Å²) in [5, 5.41) is 1.72. The Hall–Kier alpha value is -1.54. The van der Waals surface area contributed by atoms with Crippen molar-refractivity contribution in [3.63, 3.8) is 0 Å². The van der Waals surface area contributed by atoms with Gasteiger partial charge in [-0.15, -0.1) is 0 Å². The zero-order chi connectivity index (χ0) is 12.2. The predicted molar refractivity (Wildman–Crippen MR) is 79.2 cm³/mol. The van der Waals surface area contributed by atoms with Crippen molar-refractivity contribution in [2.24, 2.45) is 4.99 Å². The van der Waals surface area contributed by atoms with Gasteiger partial charge in [0.1, 0.15) is 0 Å². The highest BCUT2D eigenvalue weighted by Gasteiger charge is 2.19. The van der Waals surface area contributed by atoms with Crippen molar-refractivity contribution in [2.45, 2.75) is 11.7 Å². The van der Waals surface area contributed by atoms with Gasteiger partial charge in [-0.1, -0.05) is 72.4 Å². The van der Waals surface area contributed by atoms with Crippen molar-refractivity contribution in [1.29, 1.82) is 0 Å². The quantitative estimate of drug-likeness (QED) is 0.776. The van der Waals surface area contributed by atoms with Gasteiger partial charge in [0.15, 0.2) is 0 Å². The molecular formula is C16H15NS. The van der Waals surface area contributed by atoms with E-state index >= 15 is 0 Å². The van der Waals surface area contributed by atoms with Crippen LogP contribution in [0.5, 0.6) is 0 Å². The molecule has 0 radical (unpaired) electrons. The molecular weight excluding hydrogens is 238 g/mol. The molecule has 2 aromatic rings. The Morgan fingerprint density at radius 1 is 0.889 bits per heavy atom. The Kier molecular flexibility index (Phi) is 3.47. The Balaban J connectivity index is 1.82. The summed E-state index contributed by atoms with van der Waals surface area (Å²) in [6.07, 6.45) is 1.13. The maximum absolute atomic E-state index is 4.66. The Morgan fingerprint density at radius 3 is 2.28 bits per heavy atom. The molecule has 0 amide bonds. The number of nitrogens with zero attached hydrogens (tertiary/aromatic N) is 1. The molecule has 0 spiro atoms. The molecule has 0 fully saturated rings. The van der Waals surface area contributed by atoms with Crippen LogP contribution in [0.2, 0.25) is 0 Å². The summed E-state index contributed by atoms with van der Waals surface area (Å²) < 4.78 is 0. The van der Waals surface area contributed by atoms with Gasteiger partial charge in [0, 0.05) is 17.4 Å². The molecule has 90 valence electrons. The smallest absolute Gasteiger partial charge is 0.0982 e. The van der Waals surface area contributed by atoms with E-state index in [0.717, 1.165) is 13.0 Å². The third-order valence-electron chi connectivity index (χ3n) is 3.09. The van der Waals surface area contributed by atoms with Crippen LogP contribution in [0.1, 0.15) is 22.8 Å². The molecule has 18 heavy (non-hydrogen) atoms. The van der Waals surface area contributed by atoms with Crippen LogP contribution >= 0.6 is 11.8 Å². The second kappa shape index (κ2) is 5.40. The molecule has 1 aliphatic heterocycles. The second-order valence-corrected chi connectivity index (χ2v) is 5.55. The third kappa shape index (κ3) is 2.49. The minimum absolute atomic E-state index is 0.541. The zero-order valence-corrected chi connectivity index (χ0v) is 10.9. The summed E-state index contributed by atoms with van der Waals surface area (Å²) in [6.45, 7) is 0.927. The molecule has 1 atom stereocenters. The van der Waals surface area contributed by atoms with E-state index in [1.807, 2.05) is 17.8 Å². The molecule has 0 unspecified atom stereocenters. The van der Waals surface area contributed by atoms with Crippen LogP contribution in [0.25, 0.3) is 0 Å². The van der Waals surface area contributed by atoms with E-state index in [4.69, 9.17) is 0 Å². The summed E-state index contributed by atoms with van der Waals surface area (Å²) in [4.78, 5) is 4.66. The van der Waals surface area contributed by atoms with E-state index in [1.54, 1.807) is 0 Å². The fourth-order valence-corrected chi connectivity index (χ4v) is 3.38. The van der Waals surface area contributed by atoms with Crippen LogP contribution in [0, 0.1) is 0 Å². The molecule has 0 bridgehead atoms. The molecule has 2 heteroatoms. The summed E-state index contributed by atoms with van der Waals surface area (Å²) in [5.74, 6) is 0. The van der Waals surface area contributed by atoms with Crippen LogP contribution in [-0.2, 0) is 0 Å². The monoisotopic (exact) mass is 253 g/mol. The Labute approximate surface area is 112 Å². The van der Waals surface area contributed by atoms with Crippen LogP contribution < -0.4 is 0 Å². The van der Waals surface area contributed by atoms with Gasteiger partial charge in [0.2, 0.25) is 0 Å². The Morgan fingerprint density at radius 2 is 1.56 bits per heavy atom. The first-order valence-corrected chi connectivity index (χ1v) is 7.13. The van der Waals surface area contributed by atoms with Crippen molar-refractivity contribution in [2.75, 3.05) is 6.54 Å². The van der Waals surface area contributed by atoms with Crippen molar-refractivity contribution in [3.05, 3.63) is 71.8 Å². The van der Waals surface area contributed by atoms with Crippen molar-refractivity contribution >= 4 is 16.8 Å². The maximum Gasteiger partial charge on any atom is 0.0982 e. The zero-order valence-electron chi connectivity index (χ0n) is 10.1. The average Bonchev–Trinajstić information content (AvgIpc) is 2.49. The lowest BCUT2D eigenvalue weighted by Crippen LogP contribution is -2.09. The fourth-order valence-electron chi connectivity index (χ4n) is 2.16. The number of hydrogen-bond acceptors (Lipinski definition) is 2. The first-order valence-electron chi connectivity index (χ1n) is 6.25. The molecule has 2 aromatic carbocycles. The highest BCUT2D eigenvalue weighted by molar-refractivity contribution is 8.14. The highest BCUT2D eigenvalue weighted by atomic mass is 32.2. The van der Waals surface area contributed by atoms with Gasteiger partial charge in [-0.3, -0.25) is 4.99 Å². The van der Waals surface area contributed by atoms with Gasteiger partial charge in [0.05, 0.1) is 5.04 Å². The summed E-state index contributed by atoms with van der Waals surface area (Å²) in [5.41, 5.74) is 2.65. The summed E-state index contributed by atoms with van der Waals surface area (Å²) in [6, 6.07) is 21.2. The van der Waals surface area contributed by atoms with Crippen molar-refractivity contribution in [3.8, 4) is 0 Å².